The highest BCUT2D eigenvalue weighted by molar-refractivity contribution is 6.03. The van der Waals surface area contributed by atoms with Gasteiger partial charge in [0.25, 0.3) is 5.91 Å². The van der Waals surface area contributed by atoms with Gasteiger partial charge in [-0.25, -0.2) is 5.10 Å². The summed E-state index contributed by atoms with van der Waals surface area (Å²) in [6, 6.07) is 6.93. The van der Waals surface area contributed by atoms with Gasteiger partial charge >= 0.3 is 0 Å². The maximum absolute atomic E-state index is 11.8. The zero-order chi connectivity index (χ0) is 13.7. The fraction of sp³-hybridized carbons (Fsp3) is 0.167. The topological polar surface area (TPSA) is 99.8 Å². The number of carbonyl (C=O) groups excluding carboxylic acids is 2. The third-order valence-corrected chi connectivity index (χ3v) is 2.40. The molecule has 3 N–H and O–H groups in total. The largest absolute Gasteiger partial charge is 0.352 e. The quantitative estimate of drug-likeness (QED) is 0.752. The number of carbonyl (C=O) groups is 2. The molecule has 0 saturated heterocycles. The van der Waals surface area contributed by atoms with Crippen molar-refractivity contribution in [2.24, 2.45) is 0 Å². The van der Waals surface area contributed by atoms with Crippen molar-refractivity contribution in [2.75, 3.05) is 5.32 Å². The van der Waals surface area contributed by atoms with Gasteiger partial charge in [-0.3, -0.25) is 14.9 Å². The van der Waals surface area contributed by atoms with E-state index >= 15 is 0 Å². The van der Waals surface area contributed by atoms with Crippen molar-refractivity contribution < 1.29 is 9.59 Å². The predicted octanol–water partition coefficient (Wildman–Crippen LogP) is 0.693. The second-order valence-corrected chi connectivity index (χ2v) is 3.89. The van der Waals surface area contributed by atoms with Crippen LogP contribution in [0.1, 0.15) is 22.8 Å². The maximum atomic E-state index is 11.8. The van der Waals surface area contributed by atoms with E-state index in [0.29, 0.717) is 18.1 Å². The van der Waals surface area contributed by atoms with Crippen LogP contribution in [-0.2, 0) is 11.3 Å². The van der Waals surface area contributed by atoms with E-state index in [1.807, 2.05) is 0 Å². The molecule has 0 saturated carbocycles. The van der Waals surface area contributed by atoms with E-state index in [-0.39, 0.29) is 11.8 Å². The molecule has 19 heavy (non-hydrogen) atoms. The molecule has 0 unspecified atom stereocenters. The zero-order valence-corrected chi connectivity index (χ0v) is 10.3. The molecule has 0 radical (unpaired) electrons. The van der Waals surface area contributed by atoms with E-state index in [4.69, 9.17) is 0 Å². The van der Waals surface area contributed by atoms with Crippen LogP contribution in [0.4, 0.5) is 5.95 Å². The number of nitrogens with zero attached hydrogens (tertiary/aromatic N) is 2. The van der Waals surface area contributed by atoms with Crippen molar-refractivity contribution in [3.63, 3.8) is 0 Å². The van der Waals surface area contributed by atoms with Gasteiger partial charge in [0.05, 0.1) is 0 Å². The molecule has 0 aliphatic rings. The Morgan fingerprint density at radius 2 is 2.00 bits per heavy atom. The van der Waals surface area contributed by atoms with E-state index in [1.165, 1.54) is 13.3 Å². The molecule has 2 amide bonds. The van der Waals surface area contributed by atoms with Crippen molar-refractivity contribution in [2.45, 2.75) is 13.5 Å². The molecule has 7 heteroatoms. The second kappa shape index (κ2) is 5.76. The van der Waals surface area contributed by atoms with Gasteiger partial charge in [0, 0.05) is 19.0 Å². The van der Waals surface area contributed by atoms with E-state index < -0.39 is 0 Å². The fourth-order valence-corrected chi connectivity index (χ4v) is 1.45. The lowest BCUT2D eigenvalue weighted by molar-refractivity contribution is -0.119. The summed E-state index contributed by atoms with van der Waals surface area (Å²) in [5, 5.41) is 11.4. The summed E-state index contributed by atoms with van der Waals surface area (Å²) < 4.78 is 0. The van der Waals surface area contributed by atoms with E-state index in [9.17, 15) is 9.59 Å². The molecule has 0 atom stereocenters. The molecule has 1 heterocycles. The highest BCUT2D eigenvalue weighted by Gasteiger charge is 2.07. The number of rotatable bonds is 4. The van der Waals surface area contributed by atoms with Crippen molar-refractivity contribution in [1.29, 1.82) is 0 Å². The lowest BCUT2D eigenvalue weighted by Gasteiger charge is -2.04. The second-order valence-electron chi connectivity index (χ2n) is 3.89. The number of aromatic amines is 1. The number of nitrogens with one attached hydrogen (secondary N) is 3. The predicted molar refractivity (Wildman–Crippen MR) is 68.3 cm³/mol. The van der Waals surface area contributed by atoms with Crippen LogP contribution in [0.2, 0.25) is 0 Å². The first-order valence-corrected chi connectivity index (χ1v) is 5.65. The van der Waals surface area contributed by atoms with Gasteiger partial charge in [0.2, 0.25) is 11.9 Å². The number of amides is 2. The number of hydrogen-bond acceptors (Lipinski definition) is 4. The van der Waals surface area contributed by atoms with Gasteiger partial charge in [-0.05, 0) is 17.7 Å². The lowest BCUT2D eigenvalue weighted by atomic mass is 10.1. The van der Waals surface area contributed by atoms with Crippen LogP contribution in [0.15, 0.2) is 30.6 Å². The number of benzene rings is 1. The molecular weight excluding hydrogens is 246 g/mol. The molecule has 0 aliphatic carbocycles. The van der Waals surface area contributed by atoms with Gasteiger partial charge in [-0.2, -0.15) is 10.1 Å². The van der Waals surface area contributed by atoms with Gasteiger partial charge in [0.1, 0.15) is 6.33 Å². The van der Waals surface area contributed by atoms with Crippen molar-refractivity contribution in [3.8, 4) is 0 Å². The molecule has 98 valence electrons. The average molecular weight is 259 g/mol. The zero-order valence-electron chi connectivity index (χ0n) is 10.3. The maximum Gasteiger partial charge on any atom is 0.258 e. The molecule has 2 rings (SSSR count). The lowest BCUT2D eigenvalue weighted by Crippen LogP contribution is -2.19. The Morgan fingerprint density at radius 3 is 2.58 bits per heavy atom. The molecule has 1 aromatic carbocycles. The molecule has 7 nitrogen and oxygen atoms in total. The molecule has 2 aromatic rings. The van der Waals surface area contributed by atoms with Gasteiger partial charge in [0.15, 0.2) is 0 Å². The van der Waals surface area contributed by atoms with Gasteiger partial charge in [-0.15, -0.1) is 0 Å². The Kier molecular flexibility index (Phi) is 3.87. The number of hydrogen-bond donors (Lipinski definition) is 3. The summed E-state index contributed by atoms with van der Waals surface area (Å²) in [4.78, 5) is 26.4. The minimum Gasteiger partial charge on any atom is -0.352 e. The first-order chi connectivity index (χ1) is 9.15. The highest BCUT2D eigenvalue weighted by Crippen LogP contribution is 2.06. The minimum absolute atomic E-state index is 0.0906. The average Bonchev–Trinajstić information content (AvgIpc) is 2.89. The first kappa shape index (κ1) is 12.7. The van der Waals surface area contributed by atoms with Crippen LogP contribution in [0.25, 0.3) is 0 Å². The Morgan fingerprint density at radius 1 is 1.26 bits per heavy atom. The third kappa shape index (κ3) is 3.63. The standard InChI is InChI=1S/C12H13N5O2/c1-8(18)13-6-9-2-4-10(5-3-9)11(19)16-12-14-7-15-17-12/h2-5,7H,6H2,1H3,(H,13,18)(H2,14,15,16,17,19). The highest BCUT2D eigenvalue weighted by atomic mass is 16.2. The summed E-state index contributed by atoms with van der Waals surface area (Å²) in [5.41, 5.74) is 1.43. The molecule has 0 spiro atoms. The van der Waals surface area contributed by atoms with Crippen LogP contribution in [0.3, 0.4) is 0 Å². The fourth-order valence-electron chi connectivity index (χ4n) is 1.45. The Balaban J connectivity index is 1.97. The van der Waals surface area contributed by atoms with Crippen LogP contribution >= 0.6 is 0 Å². The minimum atomic E-state index is -0.275. The third-order valence-electron chi connectivity index (χ3n) is 2.40. The number of H-pyrrole nitrogens is 1. The molecule has 0 aliphatic heterocycles. The van der Waals surface area contributed by atoms with Crippen LogP contribution in [-0.4, -0.2) is 27.0 Å². The Bertz CT molecular complexity index is 562. The van der Waals surface area contributed by atoms with Crippen LogP contribution in [0, 0.1) is 0 Å². The van der Waals surface area contributed by atoms with Crippen molar-refractivity contribution in [3.05, 3.63) is 41.7 Å². The Labute approximate surface area is 109 Å². The first-order valence-electron chi connectivity index (χ1n) is 5.65. The SMILES string of the molecule is CC(=O)NCc1ccc(C(=O)Nc2ncn[nH]2)cc1. The number of aromatic nitrogens is 3. The summed E-state index contributed by atoms with van der Waals surface area (Å²) >= 11 is 0. The normalized spacial score (nSPS) is 9.95. The van der Waals surface area contributed by atoms with Crippen LogP contribution in [0.5, 0.6) is 0 Å². The van der Waals surface area contributed by atoms with Gasteiger partial charge < -0.3 is 5.32 Å². The van der Waals surface area contributed by atoms with E-state index in [2.05, 4.69) is 25.8 Å². The smallest absolute Gasteiger partial charge is 0.258 e. The van der Waals surface area contributed by atoms with E-state index in [0.717, 1.165) is 5.56 Å². The van der Waals surface area contributed by atoms with Crippen molar-refractivity contribution >= 4 is 17.8 Å². The molecule has 1 aromatic heterocycles. The number of anilines is 1. The molecule has 0 fully saturated rings. The molecule has 0 bridgehead atoms. The summed E-state index contributed by atoms with van der Waals surface area (Å²) in [5.74, 6) is -0.0673. The summed E-state index contributed by atoms with van der Waals surface area (Å²) in [7, 11) is 0. The van der Waals surface area contributed by atoms with Gasteiger partial charge in [-0.1, -0.05) is 12.1 Å². The Hall–Kier alpha value is -2.70. The van der Waals surface area contributed by atoms with Crippen molar-refractivity contribution in [1.82, 2.24) is 20.5 Å². The van der Waals surface area contributed by atoms with E-state index in [1.54, 1.807) is 24.3 Å². The summed E-state index contributed by atoms with van der Waals surface area (Å²) in [6.45, 7) is 1.90. The monoisotopic (exact) mass is 259 g/mol. The summed E-state index contributed by atoms with van der Waals surface area (Å²) in [6.07, 6.45) is 1.31. The molecular formula is C12H13N5O2. The van der Waals surface area contributed by atoms with Crippen LogP contribution < -0.4 is 10.6 Å².